The van der Waals surface area contributed by atoms with Crippen molar-refractivity contribution in [3.05, 3.63) is 86.4 Å². The Hall–Kier alpha value is -4.29. The number of piperazine rings is 1. The van der Waals surface area contributed by atoms with Crippen LogP contribution in [0.5, 0.6) is 5.75 Å². The van der Waals surface area contributed by atoms with Crippen LogP contribution in [-0.2, 0) is 12.6 Å². The molecule has 1 amide bonds. The van der Waals surface area contributed by atoms with Crippen LogP contribution in [0.3, 0.4) is 0 Å². The number of hydrogen-bond donors (Lipinski definition) is 1. The summed E-state index contributed by atoms with van der Waals surface area (Å²) in [5, 5.41) is 5.35. The minimum absolute atomic E-state index is 0.101. The molecule has 1 fully saturated rings. The second-order valence-electron chi connectivity index (χ2n) is 11.1. The van der Waals surface area contributed by atoms with Gasteiger partial charge in [0.15, 0.2) is 0 Å². The fraction of sp³-hybridized carbons (Fsp3) is 0.333. The highest BCUT2D eigenvalue weighted by atomic mass is 32.1. The predicted octanol–water partition coefficient (Wildman–Crippen LogP) is 6.47. The van der Waals surface area contributed by atoms with Gasteiger partial charge in [0.1, 0.15) is 16.5 Å². The molecular formula is C33H34F3N5O3S. The third-order valence-electron chi connectivity index (χ3n) is 7.55. The van der Waals surface area contributed by atoms with Crippen molar-refractivity contribution in [3.8, 4) is 33.3 Å². The molecule has 1 aliphatic rings. The highest BCUT2D eigenvalue weighted by Gasteiger charge is 2.32. The standard InChI is InChI=1S/C33H34F3N5O3S/c1-6-21-7-9-23(44-5)14-27(21)41-28(13-19(2)3)24(31(42)40-12-11-37-20(4)17-40)15-25(32(41)43)30-39-26(18-45-30)22-8-10-29(38-16-22)33(34,35)36/h7-10,13-16,18,20,37H,6,11-12,17H2,1-5H3/t20-/m1/s1. The number of nitrogens with one attached hydrogen (secondary N) is 1. The Labute approximate surface area is 263 Å². The van der Waals surface area contributed by atoms with Crippen LogP contribution in [0.1, 0.15) is 55.0 Å². The smallest absolute Gasteiger partial charge is 0.433 e. The number of hydrogen-bond acceptors (Lipinski definition) is 7. The number of aryl methyl sites for hydroxylation is 1. The third-order valence-corrected chi connectivity index (χ3v) is 8.42. The van der Waals surface area contributed by atoms with E-state index < -0.39 is 11.9 Å². The molecule has 45 heavy (non-hydrogen) atoms. The molecule has 5 rings (SSSR count). The zero-order valence-electron chi connectivity index (χ0n) is 25.7. The van der Waals surface area contributed by atoms with Crippen LogP contribution in [0.25, 0.3) is 33.6 Å². The lowest BCUT2D eigenvalue weighted by atomic mass is 10.0. The number of carbonyl (C=O) groups is 1. The van der Waals surface area contributed by atoms with Crippen molar-refractivity contribution in [2.24, 2.45) is 0 Å². The number of nitrogens with zero attached hydrogens (tertiary/aromatic N) is 4. The van der Waals surface area contributed by atoms with Gasteiger partial charge in [-0.15, -0.1) is 11.3 Å². The van der Waals surface area contributed by atoms with Crippen LogP contribution in [0.4, 0.5) is 13.2 Å². The van der Waals surface area contributed by atoms with E-state index in [1.807, 2.05) is 45.9 Å². The number of ether oxygens (including phenoxy) is 1. The first-order chi connectivity index (χ1) is 21.4. The van der Waals surface area contributed by atoms with Crippen molar-refractivity contribution >= 4 is 23.3 Å². The van der Waals surface area contributed by atoms with Gasteiger partial charge in [-0.25, -0.2) is 4.98 Å². The maximum atomic E-state index is 14.5. The Morgan fingerprint density at radius 2 is 1.98 bits per heavy atom. The summed E-state index contributed by atoms with van der Waals surface area (Å²) in [4.78, 5) is 38.8. The van der Waals surface area contributed by atoms with E-state index in [9.17, 15) is 22.8 Å². The zero-order chi connectivity index (χ0) is 32.5. The van der Waals surface area contributed by atoms with E-state index in [4.69, 9.17) is 4.74 Å². The lowest BCUT2D eigenvalue weighted by molar-refractivity contribution is -0.141. The van der Waals surface area contributed by atoms with Crippen molar-refractivity contribution in [3.63, 3.8) is 0 Å². The third kappa shape index (κ3) is 6.71. The van der Waals surface area contributed by atoms with Gasteiger partial charge in [0.05, 0.1) is 35.3 Å². The number of methoxy groups -OCH3 is 1. The van der Waals surface area contributed by atoms with Gasteiger partial charge in [-0.2, -0.15) is 13.2 Å². The number of pyridine rings is 2. The molecule has 3 aromatic heterocycles. The van der Waals surface area contributed by atoms with Crippen molar-refractivity contribution < 1.29 is 22.7 Å². The molecular weight excluding hydrogens is 603 g/mol. The Bertz CT molecular complexity index is 1810. The number of alkyl halides is 3. The largest absolute Gasteiger partial charge is 0.497 e. The molecule has 0 aliphatic carbocycles. The van der Waals surface area contributed by atoms with Crippen molar-refractivity contribution in [2.45, 2.75) is 46.3 Å². The molecule has 0 radical (unpaired) electrons. The molecule has 0 saturated carbocycles. The Balaban J connectivity index is 1.76. The number of benzene rings is 1. The molecule has 8 nitrogen and oxygen atoms in total. The maximum Gasteiger partial charge on any atom is 0.433 e. The van der Waals surface area contributed by atoms with Gasteiger partial charge < -0.3 is 15.0 Å². The van der Waals surface area contributed by atoms with Crippen LogP contribution in [-0.4, -0.2) is 58.1 Å². The lowest BCUT2D eigenvalue weighted by Crippen LogP contribution is -2.51. The van der Waals surface area contributed by atoms with Crippen molar-refractivity contribution in [1.29, 1.82) is 0 Å². The summed E-state index contributed by atoms with van der Waals surface area (Å²) in [5.41, 5.74) is 2.71. The fourth-order valence-corrected chi connectivity index (χ4v) is 6.15. The topological polar surface area (TPSA) is 89.3 Å². The summed E-state index contributed by atoms with van der Waals surface area (Å²) in [6.07, 6.45) is -0.996. The van der Waals surface area contributed by atoms with E-state index in [0.717, 1.165) is 23.4 Å². The number of aromatic nitrogens is 3. The molecule has 1 N–H and O–H groups in total. The van der Waals surface area contributed by atoms with Gasteiger partial charge in [0.2, 0.25) is 0 Å². The van der Waals surface area contributed by atoms with Gasteiger partial charge in [-0.3, -0.25) is 19.1 Å². The molecule has 12 heteroatoms. The summed E-state index contributed by atoms with van der Waals surface area (Å²) in [5.74, 6) is 0.341. The average Bonchev–Trinajstić information content (AvgIpc) is 3.50. The summed E-state index contributed by atoms with van der Waals surface area (Å²) in [7, 11) is 1.55. The van der Waals surface area contributed by atoms with E-state index in [2.05, 4.69) is 15.3 Å². The summed E-state index contributed by atoms with van der Waals surface area (Å²) < 4.78 is 46.3. The second-order valence-corrected chi connectivity index (χ2v) is 12.0. The molecule has 4 heterocycles. The Morgan fingerprint density at radius 3 is 2.60 bits per heavy atom. The van der Waals surface area contributed by atoms with E-state index >= 15 is 0 Å². The molecule has 0 unspecified atom stereocenters. The molecule has 1 aromatic carbocycles. The van der Waals surface area contributed by atoms with Gasteiger partial charge in [-0.1, -0.05) is 18.6 Å². The van der Waals surface area contributed by atoms with Crippen LogP contribution in [0.15, 0.2) is 58.3 Å². The van der Waals surface area contributed by atoms with Gasteiger partial charge in [0, 0.05) is 48.9 Å². The molecule has 0 bridgehead atoms. The van der Waals surface area contributed by atoms with Crippen LogP contribution in [0, 0.1) is 0 Å². The highest BCUT2D eigenvalue weighted by Crippen LogP contribution is 2.33. The summed E-state index contributed by atoms with van der Waals surface area (Å²) >= 11 is 1.17. The van der Waals surface area contributed by atoms with Crippen LogP contribution >= 0.6 is 11.3 Å². The maximum absolute atomic E-state index is 14.5. The lowest BCUT2D eigenvalue weighted by Gasteiger charge is -2.32. The SMILES string of the molecule is CCc1ccc(OC)cc1-n1c(C=C(C)C)c(C(=O)N2CCN[C@H](C)C2)cc(-c2nc(-c3ccc(C(F)(F)F)nc3)cs2)c1=O. The summed E-state index contributed by atoms with van der Waals surface area (Å²) in [6.45, 7) is 9.46. The number of thiazole rings is 1. The Kier molecular flexibility index (Phi) is 9.26. The number of allylic oxidation sites excluding steroid dienone is 1. The average molecular weight is 638 g/mol. The van der Waals surface area contributed by atoms with Crippen LogP contribution in [0.2, 0.25) is 0 Å². The number of amides is 1. The number of rotatable bonds is 7. The zero-order valence-corrected chi connectivity index (χ0v) is 26.5. The number of carbonyl (C=O) groups excluding carboxylic acids is 1. The fourth-order valence-electron chi connectivity index (χ4n) is 5.32. The minimum atomic E-state index is -4.56. The molecule has 4 aromatic rings. The molecule has 1 saturated heterocycles. The van der Waals surface area contributed by atoms with Gasteiger partial charge >= 0.3 is 6.18 Å². The predicted molar refractivity (Wildman–Crippen MR) is 170 cm³/mol. The number of halogens is 3. The van der Waals surface area contributed by atoms with Gasteiger partial charge in [0.25, 0.3) is 11.5 Å². The summed E-state index contributed by atoms with van der Waals surface area (Å²) in [6, 6.07) is 9.42. The second kappa shape index (κ2) is 13.0. The van der Waals surface area contributed by atoms with Crippen LogP contribution < -0.4 is 15.6 Å². The molecule has 236 valence electrons. The minimum Gasteiger partial charge on any atom is -0.497 e. The highest BCUT2D eigenvalue weighted by molar-refractivity contribution is 7.13. The first-order valence-electron chi connectivity index (χ1n) is 14.6. The van der Waals surface area contributed by atoms with Crippen molar-refractivity contribution in [1.82, 2.24) is 24.8 Å². The normalized spacial score (nSPS) is 15.2. The Morgan fingerprint density at radius 1 is 1.20 bits per heavy atom. The molecule has 0 spiro atoms. The first-order valence-corrected chi connectivity index (χ1v) is 15.4. The van der Waals surface area contributed by atoms with E-state index in [-0.39, 0.29) is 23.1 Å². The quantitative estimate of drug-likeness (QED) is 0.250. The van der Waals surface area contributed by atoms with Crippen molar-refractivity contribution in [2.75, 3.05) is 26.7 Å². The van der Waals surface area contributed by atoms with E-state index in [1.165, 1.54) is 17.4 Å². The van der Waals surface area contributed by atoms with E-state index in [0.29, 0.717) is 65.0 Å². The molecule has 1 atom stereocenters. The monoisotopic (exact) mass is 637 g/mol. The van der Waals surface area contributed by atoms with E-state index in [1.54, 1.807) is 34.1 Å². The molecule has 1 aliphatic heterocycles. The first kappa shape index (κ1) is 32.1. The van der Waals surface area contributed by atoms with Gasteiger partial charge in [-0.05, 0) is 63.1 Å².